The summed E-state index contributed by atoms with van der Waals surface area (Å²) in [5, 5.41) is 5.44. The molecular weight excluding hydrogens is 376 g/mol. The van der Waals surface area contributed by atoms with Gasteiger partial charge in [-0.1, -0.05) is 32.8 Å². The molecule has 5 heteroatoms. The summed E-state index contributed by atoms with van der Waals surface area (Å²) >= 11 is 0. The number of ketones is 1. The van der Waals surface area contributed by atoms with E-state index in [-0.39, 0.29) is 28.7 Å². The fraction of sp³-hybridized carbons (Fsp3) is 0.800. The molecule has 0 aliphatic heterocycles. The van der Waals surface area contributed by atoms with Crippen LogP contribution in [0.1, 0.15) is 85.0 Å². The number of unbranched alkanes of at least 4 members (excludes halogenated alkanes) is 1. The lowest BCUT2D eigenvalue weighted by atomic mass is 9.47. The number of allylic oxidation sites excluding steroid dienone is 1. The summed E-state index contributed by atoms with van der Waals surface area (Å²) in [4.78, 5) is 37.1. The SMILES string of the molecule is CCCCNC(=O)NC(=O)[C@H]1CC[C@H]2[C@@H]3CCC4=CC(=O)CC[C@]4(C)[C@H]3CC[C@]12C. The zero-order chi connectivity index (χ0) is 21.5. The van der Waals surface area contributed by atoms with Gasteiger partial charge < -0.3 is 5.32 Å². The first-order valence-corrected chi connectivity index (χ1v) is 12.1. The molecule has 3 saturated carbocycles. The van der Waals surface area contributed by atoms with Crippen LogP contribution in [0.3, 0.4) is 0 Å². The topological polar surface area (TPSA) is 75.3 Å². The molecule has 3 fully saturated rings. The van der Waals surface area contributed by atoms with Crippen LogP contribution in [0.25, 0.3) is 0 Å². The Morgan fingerprint density at radius 3 is 2.63 bits per heavy atom. The van der Waals surface area contributed by atoms with Crippen molar-refractivity contribution in [3.8, 4) is 0 Å². The molecule has 2 N–H and O–H groups in total. The Kier molecular flexibility index (Phi) is 5.84. The van der Waals surface area contributed by atoms with E-state index in [9.17, 15) is 14.4 Å². The molecule has 0 aromatic carbocycles. The van der Waals surface area contributed by atoms with E-state index in [2.05, 4.69) is 31.4 Å². The van der Waals surface area contributed by atoms with Crippen molar-refractivity contribution in [2.45, 2.75) is 85.0 Å². The highest BCUT2D eigenvalue weighted by atomic mass is 16.2. The lowest BCUT2D eigenvalue weighted by Gasteiger charge is -2.58. The maximum absolute atomic E-state index is 13.0. The van der Waals surface area contributed by atoms with Crippen LogP contribution in [0.2, 0.25) is 0 Å². The van der Waals surface area contributed by atoms with Crippen LogP contribution in [0.4, 0.5) is 4.79 Å². The van der Waals surface area contributed by atoms with Gasteiger partial charge in [-0.2, -0.15) is 0 Å². The molecule has 30 heavy (non-hydrogen) atoms. The molecule has 0 unspecified atom stereocenters. The molecule has 6 atom stereocenters. The van der Waals surface area contributed by atoms with Crippen molar-refractivity contribution in [1.82, 2.24) is 10.6 Å². The maximum Gasteiger partial charge on any atom is 0.321 e. The highest BCUT2D eigenvalue weighted by molar-refractivity contribution is 5.96. The number of urea groups is 1. The van der Waals surface area contributed by atoms with Gasteiger partial charge in [0, 0.05) is 18.9 Å². The third kappa shape index (κ3) is 3.52. The quantitative estimate of drug-likeness (QED) is 0.651. The van der Waals surface area contributed by atoms with E-state index in [0.29, 0.717) is 36.5 Å². The zero-order valence-electron chi connectivity index (χ0n) is 18.9. The number of amides is 3. The third-order valence-corrected chi connectivity index (χ3v) is 9.33. The highest BCUT2D eigenvalue weighted by Crippen LogP contribution is 2.66. The van der Waals surface area contributed by atoms with Gasteiger partial charge in [0.05, 0.1) is 0 Å². The molecule has 0 saturated heterocycles. The van der Waals surface area contributed by atoms with E-state index >= 15 is 0 Å². The van der Waals surface area contributed by atoms with Gasteiger partial charge in [-0.3, -0.25) is 14.9 Å². The van der Waals surface area contributed by atoms with Crippen molar-refractivity contribution in [2.24, 2.45) is 34.5 Å². The molecule has 166 valence electrons. The van der Waals surface area contributed by atoms with Crippen LogP contribution >= 0.6 is 0 Å². The predicted molar refractivity (Wildman–Crippen MR) is 117 cm³/mol. The Balaban J connectivity index is 1.46. The van der Waals surface area contributed by atoms with Gasteiger partial charge in [-0.05, 0) is 86.0 Å². The van der Waals surface area contributed by atoms with Crippen LogP contribution in [0, 0.1) is 34.5 Å². The summed E-state index contributed by atoms with van der Waals surface area (Å²) in [5.74, 6) is 1.96. The summed E-state index contributed by atoms with van der Waals surface area (Å²) in [6.07, 6.45) is 11.9. The fourth-order valence-corrected chi connectivity index (χ4v) is 7.61. The van der Waals surface area contributed by atoms with Gasteiger partial charge in [0.25, 0.3) is 0 Å². The molecule has 0 heterocycles. The molecule has 0 spiro atoms. The second-order valence-corrected chi connectivity index (χ2v) is 10.7. The smallest absolute Gasteiger partial charge is 0.321 e. The first kappa shape index (κ1) is 21.6. The summed E-state index contributed by atoms with van der Waals surface area (Å²) in [6.45, 7) is 7.39. The standard InChI is InChI=1S/C25H38N2O3/c1-4-5-14-26-23(30)27-22(29)21-9-8-19-18-7-6-16-15-17(28)10-12-24(16,2)20(18)11-13-25(19,21)3/h15,18-21H,4-14H2,1-3H3,(H2,26,27,29,30)/t18-,19-,20-,21+,24-,25-/m0/s1. The normalized spacial score (nSPS) is 40.0. The lowest BCUT2D eigenvalue weighted by molar-refractivity contribution is -0.131. The fourth-order valence-electron chi connectivity index (χ4n) is 7.61. The largest absolute Gasteiger partial charge is 0.338 e. The van der Waals surface area contributed by atoms with Gasteiger partial charge in [0.15, 0.2) is 5.78 Å². The Labute approximate surface area is 180 Å². The number of rotatable bonds is 4. The Morgan fingerprint density at radius 1 is 1.07 bits per heavy atom. The highest BCUT2D eigenvalue weighted by Gasteiger charge is 2.60. The predicted octanol–water partition coefficient (Wildman–Crippen LogP) is 4.76. The monoisotopic (exact) mass is 414 g/mol. The van der Waals surface area contributed by atoms with Crippen molar-refractivity contribution in [3.05, 3.63) is 11.6 Å². The Hall–Kier alpha value is -1.65. The van der Waals surface area contributed by atoms with Crippen LogP contribution in [-0.2, 0) is 9.59 Å². The number of carbonyl (C=O) groups excluding carboxylic acids is 3. The molecule has 0 aromatic rings. The van der Waals surface area contributed by atoms with Gasteiger partial charge in [0.1, 0.15) is 0 Å². The molecule has 5 nitrogen and oxygen atoms in total. The van der Waals surface area contributed by atoms with Crippen molar-refractivity contribution in [2.75, 3.05) is 6.54 Å². The number of imide groups is 1. The third-order valence-electron chi connectivity index (χ3n) is 9.33. The number of hydrogen-bond acceptors (Lipinski definition) is 3. The van der Waals surface area contributed by atoms with Crippen LogP contribution in [-0.4, -0.2) is 24.3 Å². The first-order chi connectivity index (χ1) is 14.3. The average molecular weight is 415 g/mol. The van der Waals surface area contributed by atoms with Gasteiger partial charge >= 0.3 is 6.03 Å². The molecule has 4 aliphatic carbocycles. The van der Waals surface area contributed by atoms with Crippen LogP contribution < -0.4 is 10.6 Å². The van der Waals surface area contributed by atoms with Gasteiger partial charge in [0.2, 0.25) is 5.91 Å². The summed E-state index contributed by atoms with van der Waals surface area (Å²) in [6, 6.07) is -0.346. The van der Waals surface area contributed by atoms with E-state index in [1.807, 2.05) is 6.08 Å². The minimum absolute atomic E-state index is 0.0169. The van der Waals surface area contributed by atoms with Gasteiger partial charge in [-0.15, -0.1) is 0 Å². The average Bonchev–Trinajstić information content (AvgIpc) is 3.06. The molecule has 0 radical (unpaired) electrons. The Bertz CT molecular complexity index is 759. The van der Waals surface area contributed by atoms with E-state index in [0.717, 1.165) is 57.8 Å². The Morgan fingerprint density at radius 2 is 1.87 bits per heavy atom. The minimum Gasteiger partial charge on any atom is -0.338 e. The van der Waals surface area contributed by atoms with E-state index < -0.39 is 0 Å². The van der Waals surface area contributed by atoms with Crippen molar-refractivity contribution >= 4 is 17.7 Å². The summed E-state index contributed by atoms with van der Waals surface area (Å²) in [7, 11) is 0. The number of hydrogen-bond donors (Lipinski definition) is 2. The molecule has 0 aromatic heterocycles. The van der Waals surface area contributed by atoms with Crippen LogP contribution in [0.15, 0.2) is 11.6 Å². The molecular formula is C25H38N2O3. The van der Waals surface area contributed by atoms with Crippen LogP contribution in [0.5, 0.6) is 0 Å². The maximum atomic E-state index is 13.0. The molecule has 3 amide bonds. The zero-order valence-corrected chi connectivity index (χ0v) is 18.9. The summed E-state index contributed by atoms with van der Waals surface area (Å²) in [5.41, 5.74) is 1.54. The van der Waals surface area contributed by atoms with Gasteiger partial charge in [-0.25, -0.2) is 4.79 Å². The number of fused-ring (bicyclic) bond motifs is 5. The molecule has 0 bridgehead atoms. The first-order valence-electron chi connectivity index (χ1n) is 12.1. The second-order valence-electron chi connectivity index (χ2n) is 10.7. The van der Waals surface area contributed by atoms with Crippen molar-refractivity contribution in [1.29, 1.82) is 0 Å². The van der Waals surface area contributed by atoms with Crippen molar-refractivity contribution in [3.63, 3.8) is 0 Å². The second kappa shape index (κ2) is 8.12. The number of nitrogens with one attached hydrogen (secondary N) is 2. The summed E-state index contributed by atoms with van der Waals surface area (Å²) < 4.78 is 0. The number of carbonyl (C=O) groups is 3. The van der Waals surface area contributed by atoms with E-state index in [1.54, 1.807) is 0 Å². The molecule has 4 rings (SSSR count). The molecule has 4 aliphatic rings. The minimum atomic E-state index is -0.346. The van der Waals surface area contributed by atoms with Crippen molar-refractivity contribution < 1.29 is 14.4 Å². The lowest BCUT2D eigenvalue weighted by Crippen LogP contribution is -2.52. The van der Waals surface area contributed by atoms with E-state index in [1.165, 1.54) is 5.57 Å². The van der Waals surface area contributed by atoms with E-state index in [4.69, 9.17) is 0 Å².